The molecular weight excluding hydrogens is 270 g/mol. The van der Waals surface area contributed by atoms with E-state index in [1.54, 1.807) is 24.4 Å². The number of oxazole rings is 1. The molecule has 108 valence electrons. The molecule has 7 nitrogen and oxygen atoms in total. The molecule has 0 aliphatic carbocycles. The number of aryl methyl sites for hydroxylation is 4. The molecule has 0 bridgehead atoms. The molecule has 0 saturated carbocycles. The maximum atomic E-state index is 12.2. The second kappa shape index (κ2) is 4.69. The van der Waals surface area contributed by atoms with E-state index in [-0.39, 0.29) is 11.7 Å². The van der Waals surface area contributed by atoms with Crippen LogP contribution < -0.4 is 5.32 Å². The Labute approximate surface area is 121 Å². The molecule has 0 saturated heterocycles. The Hall–Kier alpha value is -2.70. The summed E-state index contributed by atoms with van der Waals surface area (Å²) in [6.07, 6.45) is 0. The number of anilines is 1. The van der Waals surface area contributed by atoms with Crippen LogP contribution in [0.3, 0.4) is 0 Å². The van der Waals surface area contributed by atoms with E-state index < -0.39 is 0 Å². The Bertz CT molecular complexity index is 847. The first-order chi connectivity index (χ1) is 9.94. The Morgan fingerprint density at radius 1 is 1.19 bits per heavy atom. The molecule has 0 aliphatic heterocycles. The second-order valence-electron chi connectivity index (χ2n) is 4.94. The number of fused-ring (bicyclic) bond motifs is 1. The summed E-state index contributed by atoms with van der Waals surface area (Å²) in [7, 11) is 0. The van der Waals surface area contributed by atoms with Gasteiger partial charge in [0.15, 0.2) is 17.4 Å². The molecule has 0 fully saturated rings. The fourth-order valence-corrected chi connectivity index (χ4v) is 2.26. The van der Waals surface area contributed by atoms with Gasteiger partial charge in [-0.2, -0.15) is 0 Å². The molecule has 0 aliphatic rings. The van der Waals surface area contributed by atoms with Gasteiger partial charge in [-0.25, -0.2) is 14.5 Å². The number of carbonyl (C=O) groups excluding carboxylic acids is 1. The van der Waals surface area contributed by atoms with Gasteiger partial charge in [-0.3, -0.25) is 4.79 Å². The summed E-state index contributed by atoms with van der Waals surface area (Å²) in [5, 5.41) is 7.02. The van der Waals surface area contributed by atoms with Gasteiger partial charge in [-0.05, 0) is 26.8 Å². The summed E-state index contributed by atoms with van der Waals surface area (Å²) in [6, 6.07) is 3.64. The summed E-state index contributed by atoms with van der Waals surface area (Å²) < 4.78 is 6.97. The van der Waals surface area contributed by atoms with Crippen LogP contribution in [-0.4, -0.2) is 25.5 Å². The van der Waals surface area contributed by atoms with E-state index in [2.05, 4.69) is 20.4 Å². The molecule has 0 radical (unpaired) electrons. The maximum absolute atomic E-state index is 12.2. The largest absolute Gasteiger partial charge is 0.436 e. The van der Waals surface area contributed by atoms with Gasteiger partial charge in [-0.1, -0.05) is 0 Å². The lowest BCUT2D eigenvalue weighted by Crippen LogP contribution is -2.12. The first-order valence-corrected chi connectivity index (χ1v) is 6.53. The summed E-state index contributed by atoms with van der Waals surface area (Å²) in [5.74, 6) is 0.715. The van der Waals surface area contributed by atoms with Gasteiger partial charge in [0.1, 0.15) is 0 Å². The van der Waals surface area contributed by atoms with Crippen molar-refractivity contribution in [2.75, 3.05) is 5.32 Å². The molecule has 0 atom stereocenters. The van der Waals surface area contributed by atoms with Gasteiger partial charge in [0.2, 0.25) is 5.76 Å². The van der Waals surface area contributed by atoms with Crippen LogP contribution in [0.4, 0.5) is 5.82 Å². The van der Waals surface area contributed by atoms with Crippen LogP contribution in [0.2, 0.25) is 0 Å². The SMILES string of the molecule is Cc1cc(C)n2nc(NC(=O)c3oc(C)nc3C)cc2n1. The third kappa shape index (κ3) is 2.37. The fourth-order valence-electron chi connectivity index (χ4n) is 2.26. The van der Waals surface area contributed by atoms with E-state index in [4.69, 9.17) is 4.42 Å². The third-order valence-electron chi connectivity index (χ3n) is 3.08. The molecule has 0 spiro atoms. The van der Waals surface area contributed by atoms with Gasteiger partial charge in [0.05, 0.1) is 5.69 Å². The number of nitrogens with one attached hydrogen (secondary N) is 1. The van der Waals surface area contributed by atoms with E-state index >= 15 is 0 Å². The summed E-state index contributed by atoms with van der Waals surface area (Å²) in [4.78, 5) is 20.6. The minimum absolute atomic E-state index is 0.199. The van der Waals surface area contributed by atoms with Crippen molar-refractivity contribution in [2.45, 2.75) is 27.7 Å². The minimum atomic E-state index is -0.370. The Kier molecular flexibility index (Phi) is 2.97. The average Bonchev–Trinajstić information content (AvgIpc) is 2.92. The lowest BCUT2D eigenvalue weighted by atomic mass is 10.3. The molecule has 3 rings (SSSR count). The first-order valence-electron chi connectivity index (χ1n) is 6.53. The van der Waals surface area contributed by atoms with Crippen LogP contribution in [0, 0.1) is 27.7 Å². The number of rotatable bonds is 2. The van der Waals surface area contributed by atoms with E-state index in [1.165, 1.54) is 0 Å². The predicted molar refractivity (Wildman–Crippen MR) is 76.4 cm³/mol. The molecule has 3 aromatic heterocycles. The van der Waals surface area contributed by atoms with Crippen molar-refractivity contribution in [3.05, 3.63) is 40.9 Å². The Balaban J connectivity index is 1.93. The molecule has 7 heteroatoms. The molecule has 21 heavy (non-hydrogen) atoms. The fraction of sp³-hybridized carbons (Fsp3) is 0.286. The van der Waals surface area contributed by atoms with Crippen molar-refractivity contribution >= 4 is 17.4 Å². The molecule has 1 N–H and O–H groups in total. The smallest absolute Gasteiger partial charge is 0.294 e. The average molecular weight is 285 g/mol. The predicted octanol–water partition coefficient (Wildman–Crippen LogP) is 2.20. The zero-order valence-electron chi connectivity index (χ0n) is 12.3. The highest BCUT2D eigenvalue weighted by Crippen LogP contribution is 2.15. The zero-order valence-corrected chi connectivity index (χ0v) is 12.3. The van der Waals surface area contributed by atoms with Crippen molar-refractivity contribution in [1.29, 1.82) is 0 Å². The van der Waals surface area contributed by atoms with Crippen LogP contribution in [0.1, 0.15) is 33.5 Å². The highest BCUT2D eigenvalue weighted by molar-refractivity contribution is 6.02. The summed E-state index contributed by atoms with van der Waals surface area (Å²) in [6.45, 7) is 7.28. The summed E-state index contributed by atoms with van der Waals surface area (Å²) >= 11 is 0. The van der Waals surface area contributed by atoms with Crippen LogP contribution in [0.25, 0.3) is 5.65 Å². The molecule has 0 unspecified atom stereocenters. The first kappa shape index (κ1) is 13.3. The van der Waals surface area contributed by atoms with Crippen molar-refractivity contribution in [3.63, 3.8) is 0 Å². The van der Waals surface area contributed by atoms with Gasteiger partial charge in [0.25, 0.3) is 5.91 Å². The Morgan fingerprint density at radius 3 is 2.62 bits per heavy atom. The van der Waals surface area contributed by atoms with Crippen LogP contribution in [0.15, 0.2) is 16.5 Å². The molecular formula is C14H15N5O2. The highest BCUT2D eigenvalue weighted by Gasteiger charge is 2.17. The number of amides is 1. The second-order valence-corrected chi connectivity index (χ2v) is 4.94. The minimum Gasteiger partial charge on any atom is -0.436 e. The van der Waals surface area contributed by atoms with E-state index in [1.807, 2.05) is 19.9 Å². The zero-order chi connectivity index (χ0) is 15.1. The lowest BCUT2D eigenvalue weighted by Gasteiger charge is -1.99. The monoisotopic (exact) mass is 285 g/mol. The standard InChI is InChI=1S/C14H15N5O2/c1-7-5-8(2)19-12(15-7)6-11(18-19)17-14(20)13-9(3)16-10(4)21-13/h5-6H,1-4H3,(H,17,18,20). The van der Waals surface area contributed by atoms with Crippen LogP contribution >= 0.6 is 0 Å². The topological polar surface area (TPSA) is 85.3 Å². The highest BCUT2D eigenvalue weighted by atomic mass is 16.4. The van der Waals surface area contributed by atoms with Crippen molar-refractivity contribution in [3.8, 4) is 0 Å². The van der Waals surface area contributed by atoms with Gasteiger partial charge < -0.3 is 9.73 Å². The van der Waals surface area contributed by atoms with Gasteiger partial charge in [-0.15, -0.1) is 5.10 Å². The number of hydrogen-bond donors (Lipinski definition) is 1. The van der Waals surface area contributed by atoms with Crippen molar-refractivity contribution in [2.24, 2.45) is 0 Å². The van der Waals surface area contributed by atoms with Crippen molar-refractivity contribution < 1.29 is 9.21 Å². The third-order valence-corrected chi connectivity index (χ3v) is 3.08. The lowest BCUT2D eigenvalue weighted by molar-refractivity contribution is 0.0994. The quantitative estimate of drug-likeness (QED) is 0.780. The molecule has 1 amide bonds. The van der Waals surface area contributed by atoms with E-state index in [0.29, 0.717) is 23.0 Å². The summed E-state index contributed by atoms with van der Waals surface area (Å²) in [5.41, 5.74) is 3.09. The van der Waals surface area contributed by atoms with E-state index in [9.17, 15) is 4.79 Å². The number of nitrogens with zero attached hydrogens (tertiary/aromatic N) is 4. The molecule has 0 aromatic carbocycles. The maximum Gasteiger partial charge on any atom is 0.294 e. The van der Waals surface area contributed by atoms with Crippen LogP contribution in [0.5, 0.6) is 0 Å². The van der Waals surface area contributed by atoms with Crippen LogP contribution in [-0.2, 0) is 0 Å². The Morgan fingerprint density at radius 2 is 1.95 bits per heavy atom. The van der Waals surface area contributed by atoms with Gasteiger partial charge >= 0.3 is 0 Å². The van der Waals surface area contributed by atoms with E-state index in [0.717, 1.165) is 11.4 Å². The molecule has 3 aromatic rings. The van der Waals surface area contributed by atoms with Gasteiger partial charge in [0, 0.05) is 24.4 Å². The number of aromatic nitrogens is 4. The van der Waals surface area contributed by atoms with Crippen molar-refractivity contribution in [1.82, 2.24) is 19.6 Å². The normalized spacial score (nSPS) is 11.0. The molecule has 3 heterocycles. The number of hydrogen-bond acceptors (Lipinski definition) is 5. The number of carbonyl (C=O) groups is 1.